The largest absolute Gasteiger partial charge is 0.319 e. The molecule has 0 spiro atoms. The lowest BCUT2D eigenvalue weighted by molar-refractivity contribution is -0.0418. The molecule has 1 heterocycles. The lowest BCUT2D eigenvalue weighted by Gasteiger charge is -2.62. The predicted octanol–water partition coefficient (Wildman–Crippen LogP) is 14.5. The van der Waals surface area contributed by atoms with Gasteiger partial charge in [0.25, 0.3) is 0 Å². The summed E-state index contributed by atoms with van der Waals surface area (Å²) in [6, 6.07) is 65.6. The van der Waals surface area contributed by atoms with E-state index in [1.165, 1.54) is 70.7 Å². The number of hydrogen-bond donors (Lipinski definition) is 0. The topological polar surface area (TPSA) is 55.7 Å². The quantitative estimate of drug-likeness (QED) is 0.113. The molecule has 4 aliphatic rings. The van der Waals surface area contributed by atoms with E-state index < -0.39 is 7.14 Å². The highest BCUT2D eigenvalue weighted by molar-refractivity contribution is 7.70. The summed E-state index contributed by atoms with van der Waals surface area (Å²) < 4.78 is 12.8. The van der Waals surface area contributed by atoms with Crippen molar-refractivity contribution in [1.82, 2.24) is 15.0 Å². The average Bonchev–Trinajstić information content (AvgIpc) is 3.33. The third-order valence-corrected chi connectivity index (χ3v) is 16.7. The van der Waals surface area contributed by atoms with Gasteiger partial charge in [-0.15, -0.1) is 0 Å². The molecule has 0 aliphatic heterocycles. The Kier molecular flexibility index (Phi) is 9.39. The molecule has 9 aromatic rings. The second kappa shape index (κ2) is 15.4. The van der Waals surface area contributed by atoms with Crippen molar-refractivity contribution in [3.8, 4) is 56.4 Å². The molecule has 0 unspecified atom stereocenters. The van der Waals surface area contributed by atoms with Crippen molar-refractivity contribution in [2.24, 2.45) is 23.7 Å². The molecule has 0 saturated heterocycles. The minimum absolute atomic E-state index is 0.0524. The van der Waals surface area contributed by atoms with E-state index in [2.05, 4.69) is 164 Å². The summed E-state index contributed by atoms with van der Waals surface area (Å²) in [6.45, 7) is 3.68. The van der Waals surface area contributed by atoms with E-state index in [-0.39, 0.29) is 5.41 Å². The molecule has 4 nitrogen and oxygen atoms in total. The van der Waals surface area contributed by atoms with E-state index in [1.54, 1.807) is 0 Å². The fourth-order valence-corrected chi connectivity index (χ4v) is 13.4. The lowest BCUT2D eigenvalue weighted by Crippen LogP contribution is -2.56. The summed E-state index contributed by atoms with van der Waals surface area (Å²) in [5.41, 5.74) is 10.5. The van der Waals surface area contributed by atoms with Crippen LogP contribution >= 0.6 is 7.14 Å². The Morgan fingerprint density at radius 1 is 0.391 bits per heavy atom. The molecule has 0 atom stereocenters. The van der Waals surface area contributed by atoms with Crippen molar-refractivity contribution in [1.29, 1.82) is 0 Å². The zero-order valence-electron chi connectivity index (χ0n) is 36.4. The molecule has 4 aliphatic carbocycles. The van der Waals surface area contributed by atoms with Crippen molar-refractivity contribution in [2.45, 2.75) is 37.5 Å². The first-order chi connectivity index (χ1) is 31.3. The van der Waals surface area contributed by atoms with Gasteiger partial charge >= 0.3 is 0 Å². The molecule has 1 aromatic heterocycles. The summed E-state index contributed by atoms with van der Waals surface area (Å²) in [6.07, 6.45) is 6.61. The normalized spacial score (nSPS) is 21.4. The number of benzene rings is 8. The van der Waals surface area contributed by atoms with Gasteiger partial charge in [-0.1, -0.05) is 182 Å². The van der Waals surface area contributed by atoms with E-state index in [9.17, 15) is 4.57 Å². The van der Waals surface area contributed by atoms with Gasteiger partial charge in [-0.2, -0.15) is 0 Å². The third-order valence-electron chi connectivity index (χ3n) is 15.1. The fourth-order valence-electron chi connectivity index (χ4n) is 12.5. The maximum Gasteiger partial charge on any atom is 0.165 e. The zero-order chi connectivity index (χ0) is 43.0. The maximum atomic E-state index is 12.8. The van der Waals surface area contributed by atoms with E-state index in [0.29, 0.717) is 29.3 Å². The SMILES string of the molecule is CP(C)(=O)c1ccc(-c2ccc(C3(c4ccc(-c5nc(-c6ccccc6)nc(-c6c7ccccc7c(-c7ccccc7)c7ccccc67)n5)cc4)C4CC5CC(C4)CC3C5)cc2)cc1. The van der Waals surface area contributed by atoms with Crippen LogP contribution in [0.2, 0.25) is 0 Å². The highest BCUT2D eigenvalue weighted by Crippen LogP contribution is 2.65. The summed E-state index contributed by atoms with van der Waals surface area (Å²) in [5.74, 6) is 4.91. The first-order valence-corrected chi connectivity index (χ1v) is 25.6. The maximum absolute atomic E-state index is 12.8. The van der Waals surface area contributed by atoms with Gasteiger partial charge in [0.15, 0.2) is 17.5 Å². The molecule has 0 N–H and O–H groups in total. The monoisotopic (exact) mass is 847 g/mol. The predicted molar refractivity (Wildman–Crippen MR) is 265 cm³/mol. The van der Waals surface area contributed by atoms with Gasteiger partial charge in [-0.25, -0.2) is 15.0 Å². The van der Waals surface area contributed by atoms with Crippen molar-refractivity contribution in [3.63, 3.8) is 0 Å². The third kappa shape index (κ3) is 6.49. The van der Waals surface area contributed by atoms with Crippen LogP contribution in [0.15, 0.2) is 182 Å². The minimum atomic E-state index is -2.31. The number of nitrogens with zero attached hydrogens (tertiary/aromatic N) is 3. The molecule has 4 saturated carbocycles. The van der Waals surface area contributed by atoms with E-state index >= 15 is 0 Å². The van der Waals surface area contributed by atoms with Gasteiger partial charge in [0.05, 0.1) is 0 Å². The Morgan fingerprint density at radius 2 is 0.766 bits per heavy atom. The molecular formula is C59H50N3OP. The fraction of sp³-hybridized carbons (Fsp3) is 0.203. The second-order valence-electron chi connectivity index (χ2n) is 19.1. The van der Waals surface area contributed by atoms with Crippen molar-refractivity contribution in [3.05, 3.63) is 193 Å². The summed E-state index contributed by atoms with van der Waals surface area (Å²) in [4.78, 5) is 15.9. The molecule has 5 heteroatoms. The molecule has 4 bridgehead atoms. The number of hydrogen-bond acceptors (Lipinski definition) is 4. The lowest BCUT2D eigenvalue weighted by atomic mass is 9.42. The van der Waals surface area contributed by atoms with Crippen LogP contribution in [0.5, 0.6) is 0 Å². The average molecular weight is 848 g/mol. The highest BCUT2D eigenvalue weighted by Gasteiger charge is 2.58. The van der Waals surface area contributed by atoms with Gasteiger partial charge in [0, 0.05) is 27.4 Å². The van der Waals surface area contributed by atoms with Crippen LogP contribution in [0.4, 0.5) is 0 Å². The molecule has 8 aromatic carbocycles. The molecule has 64 heavy (non-hydrogen) atoms. The van der Waals surface area contributed by atoms with Gasteiger partial charge in [-0.05, 0) is 124 Å². The first kappa shape index (κ1) is 39.1. The Bertz CT molecular complexity index is 3160. The smallest absolute Gasteiger partial charge is 0.165 e. The second-order valence-corrected chi connectivity index (χ2v) is 22.3. The van der Waals surface area contributed by atoms with Gasteiger partial charge < -0.3 is 4.57 Å². The van der Waals surface area contributed by atoms with Crippen LogP contribution in [0.25, 0.3) is 78.0 Å². The van der Waals surface area contributed by atoms with Crippen LogP contribution in [0.1, 0.15) is 43.2 Å². The van der Waals surface area contributed by atoms with E-state index in [0.717, 1.165) is 50.2 Å². The minimum Gasteiger partial charge on any atom is -0.319 e. The summed E-state index contributed by atoms with van der Waals surface area (Å²) in [5, 5.41) is 5.50. The Hall–Kier alpha value is -6.48. The Morgan fingerprint density at radius 3 is 1.23 bits per heavy atom. The number of fused-ring (bicyclic) bond motifs is 2. The molecule has 13 rings (SSSR count). The van der Waals surface area contributed by atoms with Gasteiger partial charge in [0.2, 0.25) is 0 Å². The van der Waals surface area contributed by atoms with Crippen LogP contribution in [-0.2, 0) is 9.98 Å². The number of aromatic nitrogens is 3. The van der Waals surface area contributed by atoms with E-state index in [1.807, 2.05) is 31.5 Å². The van der Waals surface area contributed by atoms with Crippen LogP contribution in [0.3, 0.4) is 0 Å². The zero-order valence-corrected chi connectivity index (χ0v) is 37.3. The van der Waals surface area contributed by atoms with Gasteiger partial charge in [-0.3, -0.25) is 0 Å². The molecule has 4 fully saturated rings. The van der Waals surface area contributed by atoms with Crippen molar-refractivity contribution >= 4 is 34.0 Å². The van der Waals surface area contributed by atoms with Crippen LogP contribution < -0.4 is 5.30 Å². The first-order valence-electron chi connectivity index (χ1n) is 23.0. The highest BCUT2D eigenvalue weighted by atomic mass is 31.2. The molecule has 0 amide bonds. The molecule has 0 radical (unpaired) electrons. The van der Waals surface area contributed by atoms with Crippen molar-refractivity contribution < 1.29 is 4.57 Å². The molecular weight excluding hydrogens is 798 g/mol. The molecule has 312 valence electrons. The number of rotatable bonds is 8. The summed E-state index contributed by atoms with van der Waals surface area (Å²) in [7, 11) is -2.31. The Balaban J connectivity index is 0.992. The summed E-state index contributed by atoms with van der Waals surface area (Å²) >= 11 is 0. The van der Waals surface area contributed by atoms with E-state index in [4.69, 9.17) is 15.0 Å². The van der Waals surface area contributed by atoms with Crippen molar-refractivity contribution in [2.75, 3.05) is 13.3 Å². The van der Waals surface area contributed by atoms with Gasteiger partial charge in [0.1, 0.15) is 7.14 Å². The van der Waals surface area contributed by atoms with Crippen LogP contribution in [-0.4, -0.2) is 28.3 Å². The van der Waals surface area contributed by atoms with Crippen LogP contribution in [0, 0.1) is 23.7 Å². The Labute approximate surface area is 375 Å². The standard InChI is InChI=1S/C59H50N3OP/c1-64(2,63)49-31-25-41(26-32-49)40-21-27-45(28-22-40)59(47-34-38-33-39(36-47)37-48(59)35-38)46-29-23-44(24-30-46)57-60-56(43-15-7-4-8-16-43)61-58(62-57)55-52-19-11-9-17-50(52)54(42-13-5-3-6-14-42)51-18-10-12-20-53(51)55/h3-32,38-39,47-48H,33-37H2,1-2H3.